The summed E-state index contributed by atoms with van der Waals surface area (Å²) in [7, 11) is 1.77. The van der Waals surface area contributed by atoms with Gasteiger partial charge in [-0.2, -0.15) is 0 Å². The Labute approximate surface area is 109 Å². The first kappa shape index (κ1) is 15.8. The van der Waals surface area contributed by atoms with E-state index >= 15 is 0 Å². The molecule has 0 spiro atoms. The van der Waals surface area contributed by atoms with Crippen molar-refractivity contribution in [3.8, 4) is 0 Å². The molecule has 0 heterocycles. The van der Waals surface area contributed by atoms with E-state index in [1.165, 1.54) is 6.92 Å². The van der Waals surface area contributed by atoms with Gasteiger partial charge in [0, 0.05) is 12.5 Å². The smallest absolute Gasteiger partial charge is 0.260 e. The third kappa shape index (κ3) is 4.16. The molecule has 1 saturated carbocycles. The molecule has 2 nitrogen and oxygen atoms in total. The maximum Gasteiger partial charge on any atom is 0.260 e. The SMILES string of the molecule is CCC(F)(F)CN(C)C1CC(O)CCC1C(C)C. The zero-order chi connectivity index (χ0) is 13.9. The molecule has 1 rings (SSSR count). The fourth-order valence-corrected chi connectivity index (χ4v) is 3.03. The summed E-state index contributed by atoms with van der Waals surface area (Å²) >= 11 is 0. The van der Waals surface area contributed by atoms with E-state index in [0.29, 0.717) is 18.3 Å². The summed E-state index contributed by atoms with van der Waals surface area (Å²) < 4.78 is 27.0. The lowest BCUT2D eigenvalue weighted by Crippen LogP contribution is -2.49. The third-order valence-corrected chi connectivity index (χ3v) is 4.26. The number of hydrogen-bond donors (Lipinski definition) is 1. The van der Waals surface area contributed by atoms with Gasteiger partial charge in [0.05, 0.1) is 12.6 Å². The Balaban J connectivity index is 2.69. The second-order valence-electron chi connectivity index (χ2n) is 6.07. The Morgan fingerprint density at radius 1 is 1.33 bits per heavy atom. The summed E-state index contributed by atoms with van der Waals surface area (Å²) in [4.78, 5) is 1.76. The Kier molecular flexibility index (Phi) is 5.53. The first-order valence-corrected chi connectivity index (χ1v) is 7.03. The van der Waals surface area contributed by atoms with E-state index in [4.69, 9.17) is 0 Å². The van der Waals surface area contributed by atoms with Gasteiger partial charge in [-0.1, -0.05) is 20.8 Å². The summed E-state index contributed by atoms with van der Waals surface area (Å²) in [5.41, 5.74) is 0. The zero-order valence-electron chi connectivity index (χ0n) is 12.0. The summed E-state index contributed by atoms with van der Waals surface area (Å²) in [5, 5.41) is 9.77. The highest BCUT2D eigenvalue weighted by Gasteiger charge is 2.37. The molecular weight excluding hydrogens is 236 g/mol. The molecule has 0 aliphatic heterocycles. The fraction of sp³-hybridized carbons (Fsp3) is 1.00. The van der Waals surface area contributed by atoms with E-state index in [-0.39, 0.29) is 25.1 Å². The Bertz CT molecular complexity index is 258. The van der Waals surface area contributed by atoms with E-state index in [1.807, 2.05) is 0 Å². The van der Waals surface area contributed by atoms with Crippen molar-refractivity contribution in [2.24, 2.45) is 11.8 Å². The van der Waals surface area contributed by atoms with Crippen LogP contribution in [0.15, 0.2) is 0 Å². The van der Waals surface area contributed by atoms with Gasteiger partial charge in [-0.15, -0.1) is 0 Å². The van der Waals surface area contributed by atoms with Crippen molar-refractivity contribution in [3.63, 3.8) is 0 Å². The quantitative estimate of drug-likeness (QED) is 0.823. The normalized spacial score (nSPS) is 30.2. The largest absolute Gasteiger partial charge is 0.393 e. The predicted molar refractivity (Wildman–Crippen MR) is 69.8 cm³/mol. The first-order chi connectivity index (χ1) is 8.26. The number of aliphatic hydroxyl groups is 1. The van der Waals surface area contributed by atoms with Crippen molar-refractivity contribution >= 4 is 0 Å². The van der Waals surface area contributed by atoms with Crippen LogP contribution in [-0.2, 0) is 0 Å². The van der Waals surface area contributed by atoms with E-state index in [1.54, 1.807) is 11.9 Å². The number of aliphatic hydroxyl groups excluding tert-OH is 1. The molecule has 18 heavy (non-hydrogen) atoms. The average Bonchev–Trinajstić information content (AvgIpc) is 2.28. The molecule has 1 aliphatic carbocycles. The second-order valence-corrected chi connectivity index (χ2v) is 6.07. The van der Waals surface area contributed by atoms with Gasteiger partial charge < -0.3 is 5.11 Å². The molecule has 4 heteroatoms. The summed E-state index contributed by atoms with van der Waals surface area (Å²) in [6, 6.07) is 0.0752. The molecule has 1 N–H and O–H groups in total. The number of rotatable bonds is 5. The summed E-state index contributed by atoms with van der Waals surface area (Å²) in [6.45, 7) is 5.59. The van der Waals surface area contributed by atoms with Crippen LogP contribution >= 0.6 is 0 Å². The molecule has 1 fully saturated rings. The van der Waals surface area contributed by atoms with Crippen LogP contribution in [0.25, 0.3) is 0 Å². The molecule has 0 aromatic rings. The lowest BCUT2D eigenvalue weighted by molar-refractivity contribution is -0.0611. The number of halogens is 2. The minimum Gasteiger partial charge on any atom is -0.393 e. The Hall–Kier alpha value is -0.220. The molecule has 3 unspecified atom stereocenters. The first-order valence-electron chi connectivity index (χ1n) is 7.03. The van der Waals surface area contributed by atoms with Crippen LogP contribution in [0.5, 0.6) is 0 Å². The number of hydrogen-bond acceptors (Lipinski definition) is 2. The highest BCUT2D eigenvalue weighted by Crippen LogP contribution is 2.34. The van der Waals surface area contributed by atoms with Gasteiger partial charge in [-0.3, -0.25) is 4.90 Å². The van der Waals surface area contributed by atoms with Crippen molar-refractivity contribution in [3.05, 3.63) is 0 Å². The van der Waals surface area contributed by atoms with Crippen molar-refractivity contribution < 1.29 is 13.9 Å². The zero-order valence-corrected chi connectivity index (χ0v) is 12.0. The third-order valence-electron chi connectivity index (χ3n) is 4.26. The van der Waals surface area contributed by atoms with Gasteiger partial charge in [0.15, 0.2) is 0 Å². The maximum absolute atomic E-state index is 13.5. The standard InChI is InChI=1S/C14H27F2NO/c1-5-14(15,16)9-17(4)13-8-11(18)6-7-12(13)10(2)3/h10-13,18H,5-9H2,1-4H3. The van der Waals surface area contributed by atoms with E-state index in [2.05, 4.69) is 13.8 Å². The van der Waals surface area contributed by atoms with Crippen LogP contribution < -0.4 is 0 Å². The minimum absolute atomic E-state index is 0.0752. The minimum atomic E-state index is -2.63. The molecule has 0 aromatic carbocycles. The molecule has 108 valence electrons. The lowest BCUT2D eigenvalue weighted by Gasteiger charge is -2.42. The Morgan fingerprint density at radius 2 is 1.94 bits per heavy atom. The van der Waals surface area contributed by atoms with Crippen molar-refractivity contribution in [1.29, 1.82) is 0 Å². The van der Waals surface area contributed by atoms with E-state index < -0.39 is 5.92 Å². The Morgan fingerprint density at radius 3 is 2.44 bits per heavy atom. The van der Waals surface area contributed by atoms with Gasteiger partial charge in [0.1, 0.15) is 0 Å². The van der Waals surface area contributed by atoms with Gasteiger partial charge in [0.25, 0.3) is 5.92 Å². The van der Waals surface area contributed by atoms with Crippen LogP contribution in [0.4, 0.5) is 8.78 Å². The average molecular weight is 263 g/mol. The second kappa shape index (κ2) is 6.29. The number of alkyl halides is 2. The monoisotopic (exact) mass is 263 g/mol. The van der Waals surface area contributed by atoms with Gasteiger partial charge >= 0.3 is 0 Å². The van der Waals surface area contributed by atoms with Crippen LogP contribution in [0.2, 0.25) is 0 Å². The molecule has 1 aliphatic rings. The van der Waals surface area contributed by atoms with Gasteiger partial charge in [-0.05, 0) is 38.1 Å². The van der Waals surface area contributed by atoms with Gasteiger partial charge in [0.2, 0.25) is 0 Å². The predicted octanol–water partition coefficient (Wildman–Crippen LogP) is 3.15. The summed E-state index contributed by atoms with van der Waals surface area (Å²) in [5.74, 6) is -1.75. The van der Waals surface area contributed by atoms with Crippen LogP contribution in [-0.4, -0.2) is 41.7 Å². The van der Waals surface area contributed by atoms with E-state index in [0.717, 1.165) is 12.8 Å². The number of nitrogens with zero attached hydrogens (tertiary/aromatic N) is 1. The molecular formula is C14H27F2NO. The van der Waals surface area contributed by atoms with E-state index in [9.17, 15) is 13.9 Å². The molecule has 0 saturated heterocycles. The molecule has 3 atom stereocenters. The van der Waals surface area contributed by atoms with Crippen LogP contribution in [0, 0.1) is 11.8 Å². The topological polar surface area (TPSA) is 23.5 Å². The molecule has 0 aromatic heterocycles. The van der Waals surface area contributed by atoms with Crippen molar-refractivity contribution in [2.75, 3.05) is 13.6 Å². The van der Waals surface area contributed by atoms with Crippen molar-refractivity contribution in [1.82, 2.24) is 4.90 Å². The van der Waals surface area contributed by atoms with Gasteiger partial charge in [-0.25, -0.2) is 8.78 Å². The highest BCUT2D eigenvalue weighted by atomic mass is 19.3. The van der Waals surface area contributed by atoms with Crippen LogP contribution in [0.3, 0.4) is 0 Å². The molecule has 0 bridgehead atoms. The van der Waals surface area contributed by atoms with Crippen molar-refractivity contribution in [2.45, 2.75) is 64.5 Å². The van der Waals surface area contributed by atoms with Crippen LogP contribution in [0.1, 0.15) is 46.5 Å². The molecule has 0 amide bonds. The maximum atomic E-state index is 13.5. The fourth-order valence-electron chi connectivity index (χ4n) is 3.03. The molecule has 0 radical (unpaired) electrons. The highest BCUT2D eigenvalue weighted by molar-refractivity contribution is 4.88. The summed E-state index contributed by atoms with van der Waals surface area (Å²) in [6.07, 6.45) is 1.91. The lowest BCUT2D eigenvalue weighted by atomic mass is 9.76.